The zero-order valence-corrected chi connectivity index (χ0v) is 21.0. The van der Waals surface area contributed by atoms with Gasteiger partial charge in [0.1, 0.15) is 29.2 Å². The van der Waals surface area contributed by atoms with Gasteiger partial charge in [-0.15, -0.1) is 0 Å². The first kappa shape index (κ1) is 23.6. The minimum atomic E-state index is -1.78. The maximum Gasteiger partial charge on any atom is 0.334 e. The van der Waals surface area contributed by atoms with E-state index in [0.29, 0.717) is 36.8 Å². The number of fused-ring (bicyclic) bond motifs is 10. The van der Waals surface area contributed by atoms with E-state index in [4.69, 9.17) is 9.47 Å². The first-order valence-electron chi connectivity index (χ1n) is 13.6. The molecule has 0 aromatic heterocycles. The third-order valence-corrected chi connectivity index (χ3v) is 11.8. The van der Waals surface area contributed by atoms with Gasteiger partial charge in [-0.05, 0) is 56.8 Å². The summed E-state index contributed by atoms with van der Waals surface area (Å²) in [5.74, 6) is -3.11. The first-order valence-corrected chi connectivity index (χ1v) is 13.6. The number of allylic oxidation sites excluding steroid dienone is 2. The number of hydrogen-bond donors (Lipinski definition) is 2. The van der Waals surface area contributed by atoms with E-state index in [-0.39, 0.29) is 55.1 Å². The van der Waals surface area contributed by atoms with Gasteiger partial charge in [0.05, 0.1) is 5.41 Å². The molecule has 0 bridgehead atoms. The van der Waals surface area contributed by atoms with Crippen LogP contribution >= 0.6 is 0 Å². The number of rotatable bonds is 0. The summed E-state index contributed by atoms with van der Waals surface area (Å²) in [7, 11) is 0. The molecule has 7 aliphatic rings. The molecule has 7 nitrogen and oxygen atoms in total. The first-order chi connectivity index (χ1) is 17.5. The largest absolute Gasteiger partial charge is 0.458 e. The minimum Gasteiger partial charge on any atom is -0.458 e. The molecule has 2 saturated heterocycles. The molecule has 11 atom stereocenters. The van der Waals surface area contributed by atoms with Crippen molar-refractivity contribution in [2.75, 3.05) is 0 Å². The van der Waals surface area contributed by atoms with Crippen LogP contribution in [0, 0.1) is 40.9 Å². The number of hydrogen-bond acceptors (Lipinski definition) is 7. The molecule has 2 aliphatic heterocycles. The van der Waals surface area contributed by atoms with Crippen LogP contribution in [0.1, 0.15) is 51.4 Å². The van der Waals surface area contributed by atoms with E-state index in [1.807, 2.05) is 0 Å². The molecule has 1 spiro atoms. The summed E-state index contributed by atoms with van der Waals surface area (Å²) >= 11 is 0. The number of carbonyl (C=O) groups excluding carboxylic acids is 3. The second kappa shape index (κ2) is 7.11. The third-order valence-electron chi connectivity index (χ3n) is 11.8. The third kappa shape index (κ3) is 2.49. The quantitative estimate of drug-likeness (QED) is 0.295. The van der Waals surface area contributed by atoms with Gasteiger partial charge in [0, 0.05) is 41.2 Å². The molecule has 2 heterocycles. The van der Waals surface area contributed by atoms with Crippen LogP contribution in [0.25, 0.3) is 0 Å². The van der Waals surface area contributed by atoms with E-state index in [1.54, 1.807) is 0 Å². The highest BCUT2D eigenvalue weighted by Crippen LogP contribution is 2.74. The lowest BCUT2D eigenvalue weighted by atomic mass is 9.59. The SMILES string of the molecule is C=C1CC[C@H]2C(=C)C(=O)O[C@@H]2C2[C@H]1CC(=O)[C@]21CC[C@]2(O)[C@@H]3[C@H]4OC(=O)C(=C)[C@@H]4CCC(=C)[C@@H]3C[C@]12O. The molecule has 0 radical (unpaired) electrons. The number of ether oxygens (including phenoxy) is 2. The Morgan fingerprint density at radius 1 is 0.730 bits per heavy atom. The average Bonchev–Trinajstić information content (AvgIpc) is 3.49. The summed E-state index contributed by atoms with van der Waals surface area (Å²) in [6, 6.07) is 0. The highest BCUT2D eigenvalue weighted by atomic mass is 16.6. The van der Waals surface area contributed by atoms with Crippen LogP contribution in [0.15, 0.2) is 48.6 Å². The van der Waals surface area contributed by atoms with Crippen molar-refractivity contribution in [2.45, 2.75) is 74.8 Å². The van der Waals surface area contributed by atoms with Crippen molar-refractivity contribution in [3.63, 3.8) is 0 Å². The van der Waals surface area contributed by atoms with Gasteiger partial charge in [-0.3, -0.25) is 4.79 Å². The van der Waals surface area contributed by atoms with Crippen LogP contribution in [-0.2, 0) is 23.9 Å². The normalized spacial score (nSPS) is 52.3. The summed E-state index contributed by atoms with van der Waals surface area (Å²) in [5.41, 5.74) is -2.08. The molecule has 0 amide bonds. The lowest BCUT2D eigenvalue weighted by Crippen LogP contribution is -2.63. The molecule has 1 unspecified atom stereocenters. The molecule has 7 fully saturated rings. The zero-order valence-electron chi connectivity index (χ0n) is 21.0. The van der Waals surface area contributed by atoms with E-state index in [2.05, 4.69) is 26.3 Å². The lowest BCUT2D eigenvalue weighted by Gasteiger charge is -2.48. The second-order valence-electron chi connectivity index (χ2n) is 12.7. The molecular weight excluding hydrogens is 472 g/mol. The van der Waals surface area contributed by atoms with Gasteiger partial charge in [0.15, 0.2) is 0 Å². The topological polar surface area (TPSA) is 110 Å². The predicted molar refractivity (Wildman–Crippen MR) is 132 cm³/mol. The molecule has 37 heavy (non-hydrogen) atoms. The number of aliphatic hydroxyl groups is 2. The Balaban J connectivity index is 1.39. The van der Waals surface area contributed by atoms with Crippen molar-refractivity contribution in [1.29, 1.82) is 0 Å². The highest BCUT2D eigenvalue weighted by molar-refractivity contribution is 5.94. The van der Waals surface area contributed by atoms with Crippen LogP contribution in [0.2, 0.25) is 0 Å². The standard InChI is InChI=1S/C30H34O7/c1-13-5-7-17-15(3)26(32)36-24(17)22-19(13)11-21(31)28(22)9-10-29(34)23-20(12-30(28,29)35)14(2)6-8-18-16(4)27(33)37-25(18)23/h17-20,22-25,34-35H,1-12H2/t17-,18-,19-,20-,22?,23-,24-,25-,28+,29-,30-/m0/s1. The fourth-order valence-corrected chi connectivity index (χ4v) is 10.1. The van der Waals surface area contributed by atoms with Gasteiger partial charge in [0.2, 0.25) is 0 Å². The minimum absolute atomic E-state index is 0.0947. The number of esters is 2. The van der Waals surface area contributed by atoms with E-state index in [9.17, 15) is 24.6 Å². The van der Waals surface area contributed by atoms with Crippen LogP contribution in [0.4, 0.5) is 0 Å². The van der Waals surface area contributed by atoms with Crippen molar-refractivity contribution in [1.82, 2.24) is 0 Å². The van der Waals surface area contributed by atoms with Gasteiger partial charge in [-0.1, -0.05) is 37.5 Å². The molecule has 0 aromatic carbocycles. The summed E-state index contributed by atoms with van der Waals surface area (Å²) in [5, 5.41) is 25.4. The van der Waals surface area contributed by atoms with Crippen LogP contribution in [-0.4, -0.2) is 51.3 Å². The van der Waals surface area contributed by atoms with Crippen molar-refractivity contribution < 1.29 is 34.1 Å². The number of carbonyl (C=O) groups is 3. The fraction of sp³-hybridized carbons (Fsp3) is 0.633. The molecule has 5 aliphatic carbocycles. The smallest absolute Gasteiger partial charge is 0.334 e. The summed E-state index contributed by atoms with van der Waals surface area (Å²) in [6.45, 7) is 16.6. The fourth-order valence-electron chi connectivity index (χ4n) is 10.1. The molecule has 2 N–H and O–H groups in total. The Kier molecular flexibility index (Phi) is 4.54. The van der Waals surface area contributed by atoms with E-state index in [1.165, 1.54) is 0 Å². The van der Waals surface area contributed by atoms with Crippen LogP contribution < -0.4 is 0 Å². The van der Waals surface area contributed by atoms with E-state index in [0.717, 1.165) is 11.1 Å². The maximum absolute atomic E-state index is 14.2. The Morgan fingerprint density at radius 3 is 1.86 bits per heavy atom. The second-order valence-corrected chi connectivity index (χ2v) is 12.7. The Morgan fingerprint density at radius 2 is 1.27 bits per heavy atom. The summed E-state index contributed by atoms with van der Waals surface area (Å²) in [6.07, 6.45) is 2.26. The monoisotopic (exact) mass is 506 g/mol. The van der Waals surface area contributed by atoms with E-state index >= 15 is 0 Å². The number of ketones is 1. The molecule has 5 saturated carbocycles. The molecule has 0 aromatic rings. The van der Waals surface area contributed by atoms with Crippen LogP contribution in [0.5, 0.6) is 0 Å². The van der Waals surface area contributed by atoms with Gasteiger partial charge in [-0.25, -0.2) is 9.59 Å². The number of Topliss-reactive ketones (excluding diaryl/α,β-unsaturated/α-hetero) is 1. The van der Waals surface area contributed by atoms with Gasteiger partial charge >= 0.3 is 11.9 Å². The zero-order chi connectivity index (χ0) is 26.2. The Bertz CT molecular complexity index is 1230. The average molecular weight is 507 g/mol. The van der Waals surface area contributed by atoms with Gasteiger partial charge < -0.3 is 19.7 Å². The molecule has 7 rings (SSSR count). The van der Waals surface area contributed by atoms with Gasteiger partial charge in [-0.2, -0.15) is 0 Å². The van der Waals surface area contributed by atoms with Gasteiger partial charge in [0.25, 0.3) is 0 Å². The van der Waals surface area contributed by atoms with Crippen LogP contribution in [0.3, 0.4) is 0 Å². The predicted octanol–water partition coefficient (Wildman–Crippen LogP) is 2.97. The Labute approximate surface area is 216 Å². The van der Waals surface area contributed by atoms with Crippen molar-refractivity contribution in [3.05, 3.63) is 48.6 Å². The molecular formula is C30H34O7. The van der Waals surface area contributed by atoms with E-state index < -0.39 is 52.6 Å². The van der Waals surface area contributed by atoms with Crippen molar-refractivity contribution in [3.8, 4) is 0 Å². The van der Waals surface area contributed by atoms with Crippen molar-refractivity contribution in [2.24, 2.45) is 40.9 Å². The molecule has 196 valence electrons. The highest BCUT2D eigenvalue weighted by Gasteiger charge is 2.83. The van der Waals surface area contributed by atoms with Crippen molar-refractivity contribution >= 4 is 17.7 Å². The summed E-state index contributed by atoms with van der Waals surface area (Å²) < 4.78 is 11.7. The lowest BCUT2D eigenvalue weighted by molar-refractivity contribution is -0.205. The molecule has 7 heteroatoms. The summed E-state index contributed by atoms with van der Waals surface area (Å²) in [4.78, 5) is 39.3. The Hall–Kier alpha value is -2.51. The maximum atomic E-state index is 14.2.